The first-order chi connectivity index (χ1) is 50.9. The predicted octanol–water partition coefficient (Wildman–Crippen LogP) is 14.1. The van der Waals surface area contributed by atoms with Crippen LogP contribution in [0.3, 0.4) is 0 Å². The van der Waals surface area contributed by atoms with Gasteiger partial charge in [0.05, 0.1) is 112 Å². The van der Waals surface area contributed by atoms with Crippen molar-refractivity contribution in [1.82, 2.24) is 71.4 Å². The molecule has 8 aromatic carbocycles. The number of carboxylic acids is 1. The molecule has 0 aliphatic carbocycles. The third-order valence-corrected chi connectivity index (χ3v) is 15.7. The molecule has 106 heavy (non-hydrogen) atoms. The molecule has 25 nitrogen and oxygen atoms in total. The molecule has 9 N–H and O–H groups in total. The van der Waals surface area contributed by atoms with E-state index in [1.807, 2.05) is 37.3 Å². The van der Waals surface area contributed by atoms with Crippen LogP contribution in [0.25, 0.3) is 104 Å². The van der Waals surface area contributed by atoms with Gasteiger partial charge in [-0.05, 0) is 171 Å². The predicted molar refractivity (Wildman–Crippen MR) is 397 cm³/mol. The first-order valence-corrected chi connectivity index (χ1v) is 32.2. The molecule has 0 saturated heterocycles. The van der Waals surface area contributed by atoms with Crippen LogP contribution in [-0.4, -0.2) is 118 Å². The molecule has 0 atom stereocenters. The van der Waals surface area contributed by atoms with Crippen molar-refractivity contribution >= 4 is 116 Å². The second kappa shape index (κ2) is 33.4. The number of methoxy groups -OCH3 is 4. The lowest BCUT2D eigenvalue weighted by Gasteiger charge is -2.20. The number of halogens is 4. The fourth-order valence-electron chi connectivity index (χ4n) is 11.1. The molecular formula is C77H71F4N15O10. The van der Waals surface area contributed by atoms with Crippen molar-refractivity contribution in [2.24, 2.45) is 19.9 Å². The fraction of sp³-hybridized carbons (Fsp3) is 0.143. The zero-order valence-electron chi connectivity index (χ0n) is 58.8. The molecule has 542 valence electrons. The van der Waals surface area contributed by atoms with E-state index in [-0.39, 0.29) is 45.9 Å². The molecule has 29 heteroatoms. The Morgan fingerprint density at radius 2 is 0.962 bits per heavy atom. The molecule has 0 fully saturated rings. The first kappa shape index (κ1) is 75.0. The number of amides is 3. The number of carboxylic acid groups (broad SMARTS) is 1. The maximum atomic E-state index is 13.5. The molecule has 0 aliphatic rings. The minimum atomic E-state index is -1.07. The van der Waals surface area contributed by atoms with Crippen molar-refractivity contribution in [2.75, 3.05) is 28.4 Å². The van der Waals surface area contributed by atoms with E-state index in [4.69, 9.17) is 29.5 Å². The van der Waals surface area contributed by atoms with Crippen molar-refractivity contribution < 1.29 is 65.5 Å². The van der Waals surface area contributed by atoms with Gasteiger partial charge in [-0.3, -0.25) is 45.1 Å². The number of carbonyl (C=O) groups is 4. The average molecular weight is 1440 g/mol. The van der Waals surface area contributed by atoms with Crippen LogP contribution in [0.2, 0.25) is 0 Å². The van der Waals surface area contributed by atoms with E-state index in [9.17, 15) is 41.8 Å². The lowest BCUT2D eigenvalue weighted by atomic mass is 10.1. The first-order valence-electron chi connectivity index (χ1n) is 32.2. The lowest BCUT2D eigenvalue weighted by Crippen LogP contribution is -2.44. The Balaban J connectivity index is 0.000000152. The normalized spacial score (nSPS) is 11.4. The molecule has 5 heterocycles. The number of nitrogens with two attached hydrogens (primary N) is 1. The summed E-state index contributed by atoms with van der Waals surface area (Å²) in [6, 6.07) is 38.5. The highest BCUT2D eigenvalue weighted by atomic mass is 19.1. The summed E-state index contributed by atoms with van der Waals surface area (Å²) in [7, 11) is 9.47. The number of nitrogen functional groups attached to an aromatic ring is 1. The van der Waals surface area contributed by atoms with Crippen LogP contribution in [0.1, 0.15) is 103 Å². The highest BCUT2D eigenvalue weighted by molar-refractivity contribution is 6.08. The molecule has 0 unspecified atom stereocenters. The quantitative estimate of drug-likeness (QED) is 0.0193. The molecule has 0 bridgehead atoms. The van der Waals surface area contributed by atoms with Crippen molar-refractivity contribution in [1.29, 1.82) is 0 Å². The van der Waals surface area contributed by atoms with Gasteiger partial charge in [0.25, 0.3) is 11.8 Å². The Labute approximate surface area is 602 Å². The zero-order chi connectivity index (χ0) is 75.9. The van der Waals surface area contributed by atoms with Gasteiger partial charge in [0.15, 0.2) is 5.82 Å². The smallest absolute Gasteiger partial charge is 0.426 e. The molecule has 13 aromatic rings. The Morgan fingerprint density at radius 1 is 0.500 bits per heavy atom. The number of hydrogen-bond donors (Lipinski definition) is 8. The standard InChI is InChI=1S/C23H25FN4O4.C19H16FN5O.C18H15FN2O3.C17H15FN4O2/c1-23(2,3)32-22(30)26-25-21(29)16-10-12-18-19(20(16)31-5)17(27-28(18)4)11-9-14-7-6-8-15(24)13-14;1-11-21-19(25-22-11)14-7-9-16-17(18(14)26-2)15(23-24-16)8-6-12-4-3-5-13(20)10-12;1-21-15-9-7-13(18(22)23)17(24-2)16(15)14(20-21)8-6-11-4-3-5-12(19)10-11;1-24-16-12(17(23)20-19)6-8-14-15(16)13(21-22-14)7-5-10-3-2-4-11(18)9-10/h6-13H,1-5H3,(H,25,29)(H,26,30);3-10H,1-2H3,(H,23,24)(H,21,22,25);3-10H,1-2H3,(H,22,23);2-9H,19H2,1H3,(H,20,23)(H,21,22)/b11-9+;2*8-6+;7-5+. The summed E-state index contributed by atoms with van der Waals surface area (Å²) < 4.78 is 83.7. The van der Waals surface area contributed by atoms with Crippen LogP contribution in [-0.2, 0) is 18.8 Å². The maximum Gasteiger partial charge on any atom is 0.426 e. The number of hydrogen-bond acceptors (Lipinski definition) is 16. The second-order valence-electron chi connectivity index (χ2n) is 24.1. The summed E-state index contributed by atoms with van der Waals surface area (Å²) in [5.74, 6) is 4.65. The number of aromatic carboxylic acids is 1. The Kier molecular flexibility index (Phi) is 23.6. The van der Waals surface area contributed by atoms with E-state index < -0.39 is 29.5 Å². The van der Waals surface area contributed by atoms with E-state index in [0.29, 0.717) is 84.0 Å². The van der Waals surface area contributed by atoms with Gasteiger partial charge in [0.1, 0.15) is 63.3 Å². The largest absolute Gasteiger partial charge is 0.495 e. The van der Waals surface area contributed by atoms with Gasteiger partial charge in [-0.1, -0.05) is 72.8 Å². The summed E-state index contributed by atoms with van der Waals surface area (Å²) in [5, 5.41) is 42.3. The number of aryl methyl sites for hydroxylation is 3. The van der Waals surface area contributed by atoms with Gasteiger partial charge in [0, 0.05) is 14.1 Å². The minimum absolute atomic E-state index is 0.0680. The number of rotatable bonds is 16. The van der Waals surface area contributed by atoms with E-state index >= 15 is 0 Å². The van der Waals surface area contributed by atoms with Gasteiger partial charge in [0.2, 0.25) is 0 Å². The number of benzene rings is 8. The van der Waals surface area contributed by atoms with Gasteiger partial charge in [-0.2, -0.15) is 25.5 Å². The second-order valence-corrected chi connectivity index (χ2v) is 24.1. The Morgan fingerprint density at radius 3 is 1.42 bits per heavy atom. The number of H-pyrrole nitrogens is 3. The number of nitrogens with zero attached hydrogens (tertiary/aromatic N) is 8. The summed E-state index contributed by atoms with van der Waals surface area (Å²) in [5.41, 5.74) is 15.4. The average Bonchev–Trinajstić information content (AvgIpc) is 1.61. The van der Waals surface area contributed by atoms with E-state index in [2.05, 4.69) is 62.1 Å². The highest BCUT2D eigenvalue weighted by Crippen LogP contribution is 2.39. The lowest BCUT2D eigenvalue weighted by molar-refractivity contribution is 0.0482. The number of ether oxygens (including phenoxy) is 5. The number of fused-ring (bicyclic) bond motifs is 4. The molecular weight excluding hydrogens is 1370 g/mol. The third-order valence-electron chi connectivity index (χ3n) is 15.7. The molecule has 13 rings (SSSR count). The SMILES string of the molecule is COc1c(-c2n[nH]c(C)n2)ccc2[nH]nc(/C=C/c3cccc(F)c3)c12.COc1c(C(=O)NN)ccc2n[nH]c(/C=C/c3cccc(F)c3)c12.COc1c(C(=O)NNC(=O)OC(C)(C)C)ccc2c1c(/C=C/c1cccc(F)c1)nn2C.COc1c(C(=O)O)ccc2c1c(/C=C/c1cccc(F)c1)nn2C. The summed E-state index contributed by atoms with van der Waals surface area (Å²) in [4.78, 5) is 52.2. The fourth-order valence-corrected chi connectivity index (χ4v) is 11.1. The third kappa shape index (κ3) is 17.8. The van der Waals surface area contributed by atoms with Gasteiger partial charge >= 0.3 is 12.1 Å². The van der Waals surface area contributed by atoms with Crippen molar-refractivity contribution in [3.05, 3.63) is 236 Å². The van der Waals surface area contributed by atoms with Crippen molar-refractivity contribution in [3.8, 4) is 34.4 Å². The van der Waals surface area contributed by atoms with Crippen LogP contribution in [0, 0.1) is 30.2 Å². The van der Waals surface area contributed by atoms with Crippen molar-refractivity contribution in [3.63, 3.8) is 0 Å². The molecule has 3 amide bonds. The van der Waals surface area contributed by atoms with E-state index in [0.717, 1.165) is 38.9 Å². The summed E-state index contributed by atoms with van der Waals surface area (Å²) >= 11 is 0. The molecule has 5 aromatic heterocycles. The zero-order valence-corrected chi connectivity index (χ0v) is 58.8. The summed E-state index contributed by atoms with van der Waals surface area (Å²) in [6.07, 6.45) is 13.2. The molecule has 0 saturated carbocycles. The minimum Gasteiger partial charge on any atom is -0.495 e. The van der Waals surface area contributed by atoms with Gasteiger partial charge in [-0.25, -0.2) is 43.4 Å². The topological polar surface area (TPSA) is 331 Å². The number of hydrazine groups is 2. The van der Waals surface area contributed by atoms with Gasteiger partial charge < -0.3 is 28.8 Å². The Bertz CT molecular complexity index is 5550. The monoisotopic (exact) mass is 1440 g/mol. The van der Waals surface area contributed by atoms with Gasteiger partial charge in [-0.15, -0.1) is 0 Å². The molecule has 0 radical (unpaired) electrons. The molecule has 0 aliphatic heterocycles. The molecule has 0 spiro atoms. The van der Waals surface area contributed by atoms with Crippen molar-refractivity contribution in [2.45, 2.75) is 33.3 Å². The number of aromatic nitrogens is 11. The Hall–Kier alpha value is -13.7. The summed E-state index contributed by atoms with van der Waals surface area (Å²) in [6.45, 7) is 6.98. The highest BCUT2D eigenvalue weighted by Gasteiger charge is 2.25. The maximum absolute atomic E-state index is 13.5. The van der Waals surface area contributed by atoms with Crippen LogP contribution in [0.4, 0.5) is 22.4 Å². The van der Waals surface area contributed by atoms with E-state index in [1.54, 1.807) is 161 Å². The van der Waals surface area contributed by atoms with Crippen LogP contribution >= 0.6 is 0 Å². The van der Waals surface area contributed by atoms with Crippen LogP contribution < -0.4 is 41.1 Å². The van der Waals surface area contributed by atoms with Crippen LogP contribution in [0.5, 0.6) is 23.0 Å². The van der Waals surface area contributed by atoms with E-state index in [1.165, 1.54) is 75.9 Å². The number of nitrogens with one attached hydrogen (secondary N) is 6. The number of aromatic amines is 3. The number of carbonyl (C=O) groups excluding carboxylic acids is 3. The van der Waals surface area contributed by atoms with Crippen LogP contribution in [0.15, 0.2) is 146 Å².